The summed E-state index contributed by atoms with van der Waals surface area (Å²) in [7, 11) is 0. The van der Waals surface area contributed by atoms with Gasteiger partial charge in [-0.2, -0.15) is 0 Å². The normalized spacial score (nSPS) is 15.4. The monoisotopic (exact) mass is 297 g/mol. The molecule has 1 saturated heterocycles. The van der Waals surface area contributed by atoms with Crippen molar-refractivity contribution in [1.82, 2.24) is 29.5 Å². The van der Waals surface area contributed by atoms with Crippen LogP contribution in [0.25, 0.3) is 10.9 Å². The molecule has 0 radical (unpaired) electrons. The Morgan fingerprint density at radius 1 is 1.05 bits per heavy atom. The van der Waals surface area contributed by atoms with Gasteiger partial charge in [0.25, 0.3) is 5.56 Å². The Bertz CT molecular complexity index is 849. The topological polar surface area (TPSA) is 81.7 Å². The molecule has 112 valence electrons. The standard InChI is InChI=1S/C14H15N7O/c22-13-11-8-15-14(19-5-2-1-3-6-19)18-12(11)4-7-21(13)20-9-16-17-10-20/h4,7-10H,1-3,5-6H2. The Morgan fingerprint density at radius 3 is 2.59 bits per heavy atom. The number of hydrogen-bond acceptors (Lipinski definition) is 6. The fourth-order valence-corrected chi connectivity index (χ4v) is 2.74. The third-order valence-corrected chi connectivity index (χ3v) is 3.91. The van der Waals surface area contributed by atoms with E-state index in [0.717, 1.165) is 25.9 Å². The Labute approximate surface area is 126 Å². The molecule has 8 nitrogen and oxygen atoms in total. The van der Waals surface area contributed by atoms with E-state index in [0.29, 0.717) is 16.9 Å². The first kappa shape index (κ1) is 12.9. The highest BCUT2D eigenvalue weighted by molar-refractivity contribution is 5.77. The zero-order valence-corrected chi connectivity index (χ0v) is 12.0. The Hall–Kier alpha value is -2.77. The second-order valence-corrected chi connectivity index (χ2v) is 5.32. The van der Waals surface area contributed by atoms with Crippen LogP contribution in [0.4, 0.5) is 5.95 Å². The fourth-order valence-electron chi connectivity index (χ4n) is 2.74. The molecule has 4 heterocycles. The van der Waals surface area contributed by atoms with Gasteiger partial charge >= 0.3 is 0 Å². The SMILES string of the molecule is O=c1c2cnc(N3CCCCC3)nc2ccn1-n1cnnc1. The van der Waals surface area contributed by atoms with Crippen molar-refractivity contribution in [2.75, 3.05) is 18.0 Å². The summed E-state index contributed by atoms with van der Waals surface area (Å²) in [6, 6.07) is 1.81. The van der Waals surface area contributed by atoms with Gasteiger partial charge in [0.15, 0.2) is 0 Å². The second-order valence-electron chi connectivity index (χ2n) is 5.32. The van der Waals surface area contributed by atoms with Crippen LogP contribution in [-0.4, -0.2) is 42.6 Å². The number of rotatable bonds is 2. The summed E-state index contributed by atoms with van der Waals surface area (Å²) < 4.78 is 2.94. The van der Waals surface area contributed by atoms with Gasteiger partial charge in [0.05, 0.1) is 10.9 Å². The lowest BCUT2D eigenvalue weighted by Crippen LogP contribution is -2.31. The summed E-state index contributed by atoms with van der Waals surface area (Å²) in [6.07, 6.45) is 9.80. The quantitative estimate of drug-likeness (QED) is 0.692. The molecule has 1 aliphatic heterocycles. The van der Waals surface area contributed by atoms with Crippen LogP contribution in [0.15, 0.2) is 35.9 Å². The maximum Gasteiger partial charge on any atom is 0.280 e. The average Bonchev–Trinajstić information content (AvgIpc) is 3.10. The molecule has 3 aromatic heterocycles. The Kier molecular flexibility index (Phi) is 3.06. The highest BCUT2D eigenvalue weighted by Gasteiger charge is 2.15. The molecular formula is C14H15N7O. The maximum absolute atomic E-state index is 12.5. The van der Waals surface area contributed by atoms with Gasteiger partial charge in [-0.05, 0) is 25.3 Å². The highest BCUT2D eigenvalue weighted by Crippen LogP contribution is 2.17. The van der Waals surface area contributed by atoms with Crippen LogP contribution in [-0.2, 0) is 0 Å². The molecule has 1 aliphatic rings. The van der Waals surface area contributed by atoms with Crippen molar-refractivity contribution in [3.8, 4) is 0 Å². The van der Waals surface area contributed by atoms with E-state index >= 15 is 0 Å². The van der Waals surface area contributed by atoms with Crippen molar-refractivity contribution in [2.24, 2.45) is 0 Å². The van der Waals surface area contributed by atoms with Gasteiger partial charge in [0.2, 0.25) is 5.95 Å². The predicted molar refractivity (Wildman–Crippen MR) is 80.7 cm³/mol. The van der Waals surface area contributed by atoms with Crippen molar-refractivity contribution in [1.29, 1.82) is 0 Å². The van der Waals surface area contributed by atoms with E-state index in [1.54, 1.807) is 12.4 Å². The van der Waals surface area contributed by atoms with E-state index < -0.39 is 0 Å². The molecule has 0 amide bonds. The lowest BCUT2D eigenvalue weighted by atomic mass is 10.1. The summed E-state index contributed by atoms with van der Waals surface area (Å²) in [4.78, 5) is 23.6. The molecule has 0 aliphatic carbocycles. The first-order valence-corrected chi connectivity index (χ1v) is 7.31. The van der Waals surface area contributed by atoms with Crippen molar-refractivity contribution >= 4 is 16.9 Å². The van der Waals surface area contributed by atoms with Crippen LogP contribution < -0.4 is 10.5 Å². The molecule has 0 N–H and O–H groups in total. The highest BCUT2D eigenvalue weighted by atomic mass is 16.1. The van der Waals surface area contributed by atoms with E-state index in [9.17, 15) is 4.79 Å². The third-order valence-electron chi connectivity index (χ3n) is 3.91. The van der Waals surface area contributed by atoms with Crippen LogP contribution in [0, 0.1) is 0 Å². The van der Waals surface area contributed by atoms with Gasteiger partial charge in [0.1, 0.15) is 12.7 Å². The largest absolute Gasteiger partial charge is 0.341 e. The van der Waals surface area contributed by atoms with Gasteiger partial charge in [-0.15, -0.1) is 10.2 Å². The van der Waals surface area contributed by atoms with E-state index in [2.05, 4.69) is 25.1 Å². The zero-order chi connectivity index (χ0) is 14.9. The van der Waals surface area contributed by atoms with Crippen LogP contribution in [0.1, 0.15) is 19.3 Å². The summed E-state index contributed by atoms with van der Waals surface area (Å²) >= 11 is 0. The number of pyridine rings is 1. The summed E-state index contributed by atoms with van der Waals surface area (Å²) in [5.41, 5.74) is 0.465. The van der Waals surface area contributed by atoms with E-state index in [4.69, 9.17) is 0 Å². The van der Waals surface area contributed by atoms with Gasteiger partial charge < -0.3 is 4.90 Å². The molecule has 22 heavy (non-hydrogen) atoms. The van der Waals surface area contributed by atoms with Crippen LogP contribution >= 0.6 is 0 Å². The minimum atomic E-state index is -0.192. The van der Waals surface area contributed by atoms with E-state index in [1.807, 2.05) is 6.07 Å². The van der Waals surface area contributed by atoms with Gasteiger partial charge in [-0.25, -0.2) is 19.3 Å². The molecule has 0 bridgehead atoms. The number of hydrogen-bond donors (Lipinski definition) is 0. The maximum atomic E-state index is 12.5. The van der Waals surface area contributed by atoms with Crippen molar-refractivity contribution < 1.29 is 0 Å². The molecule has 4 rings (SSSR count). The summed E-state index contributed by atoms with van der Waals surface area (Å²) in [5.74, 6) is 0.702. The molecule has 1 fully saturated rings. The summed E-state index contributed by atoms with van der Waals surface area (Å²) in [5, 5.41) is 7.90. The fraction of sp³-hybridized carbons (Fsp3) is 0.357. The first-order valence-electron chi connectivity index (χ1n) is 7.31. The Balaban J connectivity index is 1.79. The molecule has 0 unspecified atom stereocenters. The Morgan fingerprint density at radius 2 is 1.82 bits per heavy atom. The van der Waals surface area contributed by atoms with Crippen molar-refractivity contribution in [2.45, 2.75) is 19.3 Å². The number of fused-ring (bicyclic) bond motifs is 1. The van der Waals surface area contributed by atoms with E-state index in [1.165, 1.54) is 28.4 Å². The molecule has 0 aromatic carbocycles. The molecule has 8 heteroatoms. The van der Waals surface area contributed by atoms with Gasteiger partial charge in [-0.3, -0.25) is 4.79 Å². The van der Waals surface area contributed by atoms with Crippen LogP contribution in [0.2, 0.25) is 0 Å². The third kappa shape index (κ3) is 2.12. The van der Waals surface area contributed by atoms with E-state index in [-0.39, 0.29) is 5.56 Å². The number of piperidine rings is 1. The van der Waals surface area contributed by atoms with Crippen molar-refractivity contribution in [3.63, 3.8) is 0 Å². The first-order chi connectivity index (χ1) is 10.8. The minimum absolute atomic E-state index is 0.192. The molecular weight excluding hydrogens is 282 g/mol. The predicted octanol–water partition coefficient (Wildman–Crippen LogP) is 0.685. The minimum Gasteiger partial charge on any atom is -0.341 e. The summed E-state index contributed by atoms with van der Waals surface area (Å²) in [6.45, 7) is 1.95. The van der Waals surface area contributed by atoms with Gasteiger partial charge in [-0.1, -0.05) is 0 Å². The molecule has 3 aromatic rings. The molecule has 0 saturated carbocycles. The zero-order valence-electron chi connectivity index (χ0n) is 12.0. The lowest BCUT2D eigenvalue weighted by Gasteiger charge is -2.26. The molecule has 0 atom stereocenters. The lowest BCUT2D eigenvalue weighted by molar-refractivity contribution is 0.569. The number of nitrogens with zero attached hydrogens (tertiary/aromatic N) is 7. The number of aromatic nitrogens is 6. The van der Waals surface area contributed by atoms with Crippen LogP contribution in [0.3, 0.4) is 0 Å². The number of anilines is 1. The van der Waals surface area contributed by atoms with Crippen molar-refractivity contribution in [3.05, 3.63) is 41.5 Å². The molecule has 0 spiro atoms. The smallest absolute Gasteiger partial charge is 0.280 e. The average molecular weight is 297 g/mol. The van der Waals surface area contributed by atoms with Gasteiger partial charge in [0, 0.05) is 25.5 Å². The van der Waals surface area contributed by atoms with Crippen LogP contribution in [0.5, 0.6) is 0 Å². The second kappa shape index (κ2) is 5.21.